The van der Waals surface area contributed by atoms with Crippen LogP contribution in [-0.4, -0.2) is 39.4 Å². The third kappa shape index (κ3) is 4.88. The average molecular weight is 409 g/mol. The van der Waals surface area contributed by atoms with Gasteiger partial charge in [0.05, 0.1) is 19.3 Å². The number of methoxy groups -OCH3 is 1. The number of hydrogen-bond acceptors (Lipinski definition) is 5. The van der Waals surface area contributed by atoms with Gasteiger partial charge in [-0.1, -0.05) is 48.5 Å². The maximum Gasteiger partial charge on any atom is 0.337 e. The molecule has 0 aliphatic rings. The van der Waals surface area contributed by atoms with E-state index in [2.05, 4.69) is 11.5 Å². The fraction of sp³-hybridized carbons (Fsp3) is 0.227. The highest BCUT2D eigenvalue weighted by atomic mass is 32.1. The fourth-order valence-electron chi connectivity index (χ4n) is 3.08. The van der Waals surface area contributed by atoms with Gasteiger partial charge in [-0.3, -0.25) is 9.47 Å². The lowest BCUT2D eigenvalue weighted by atomic mass is 10.1. The minimum atomic E-state index is -0.336. The van der Waals surface area contributed by atoms with Crippen molar-refractivity contribution in [2.75, 3.05) is 14.2 Å². The Kier molecular flexibility index (Phi) is 6.74. The van der Waals surface area contributed by atoms with E-state index < -0.39 is 0 Å². The molecule has 6 nitrogen and oxygen atoms in total. The molecule has 3 aromatic rings. The predicted molar refractivity (Wildman–Crippen MR) is 116 cm³/mol. The monoisotopic (exact) mass is 408 g/mol. The van der Waals surface area contributed by atoms with Crippen LogP contribution in [0.25, 0.3) is 11.4 Å². The molecular weight excluding hydrogens is 384 g/mol. The van der Waals surface area contributed by atoms with Crippen LogP contribution in [0.2, 0.25) is 0 Å². The second-order valence-electron chi connectivity index (χ2n) is 6.72. The van der Waals surface area contributed by atoms with Gasteiger partial charge in [0.25, 0.3) is 0 Å². The first-order valence-corrected chi connectivity index (χ1v) is 9.64. The Balaban J connectivity index is 1.78. The number of rotatable bonds is 8. The van der Waals surface area contributed by atoms with Gasteiger partial charge in [-0.15, -0.1) is 6.58 Å². The Morgan fingerprint density at radius 2 is 1.90 bits per heavy atom. The van der Waals surface area contributed by atoms with E-state index in [0.717, 1.165) is 17.0 Å². The second kappa shape index (κ2) is 9.45. The highest BCUT2D eigenvalue weighted by molar-refractivity contribution is 7.71. The number of ether oxygens (including phenoxy) is 1. The quantitative estimate of drug-likeness (QED) is 0.318. The molecular formula is C22H24N4O2S. The van der Waals surface area contributed by atoms with Gasteiger partial charge >= 0.3 is 5.97 Å². The summed E-state index contributed by atoms with van der Waals surface area (Å²) >= 11 is 5.66. The predicted octanol–water partition coefficient (Wildman–Crippen LogP) is 4.14. The molecule has 0 radical (unpaired) electrons. The normalized spacial score (nSPS) is 10.9. The number of nitrogens with zero attached hydrogens (tertiary/aromatic N) is 4. The van der Waals surface area contributed by atoms with Crippen molar-refractivity contribution in [3.05, 3.63) is 83.2 Å². The summed E-state index contributed by atoms with van der Waals surface area (Å²) in [6.45, 7) is 5.67. The number of benzene rings is 2. The smallest absolute Gasteiger partial charge is 0.337 e. The Labute approximate surface area is 175 Å². The summed E-state index contributed by atoms with van der Waals surface area (Å²) in [5.74, 6) is 0.490. The summed E-state index contributed by atoms with van der Waals surface area (Å²) in [6, 6.07) is 17.4. The van der Waals surface area contributed by atoms with Crippen LogP contribution in [0.1, 0.15) is 15.9 Å². The maximum atomic E-state index is 11.6. The number of esters is 1. The fourth-order valence-corrected chi connectivity index (χ4v) is 3.34. The zero-order chi connectivity index (χ0) is 20.8. The van der Waals surface area contributed by atoms with E-state index in [9.17, 15) is 4.79 Å². The first-order valence-electron chi connectivity index (χ1n) is 9.23. The lowest BCUT2D eigenvalue weighted by Crippen LogP contribution is -2.22. The lowest BCUT2D eigenvalue weighted by Gasteiger charge is -2.16. The zero-order valence-electron chi connectivity index (χ0n) is 16.6. The highest BCUT2D eigenvalue weighted by Crippen LogP contribution is 2.18. The SMILES string of the molecule is C=CCn1c(-c2ccccc2)nn(CN(C)Cc2ccc(C(=O)OC)cc2)c1=S. The van der Waals surface area contributed by atoms with Gasteiger partial charge in [-0.2, -0.15) is 5.10 Å². The molecule has 150 valence electrons. The maximum absolute atomic E-state index is 11.6. The van der Waals surface area contributed by atoms with E-state index in [4.69, 9.17) is 22.1 Å². The molecule has 0 atom stereocenters. The molecule has 0 aliphatic heterocycles. The first kappa shape index (κ1) is 20.7. The second-order valence-corrected chi connectivity index (χ2v) is 7.08. The molecule has 3 rings (SSSR count). The molecule has 1 heterocycles. The Hall–Kier alpha value is -3.03. The van der Waals surface area contributed by atoms with Crippen LogP contribution in [0.15, 0.2) is 67.3 Å². The number of hydrogen-bond donors (Lipinski definition) is 0. The van der Waals surface area contributed by atoms with Crippen LogP contribution in [0.5, 0.6) is 0 Å². The van der Waals surface area contributed by atoms with Gasteiger partial charge in [0, 0.05) is 18.7 Å². The molecule has 29 heavy (non-hydrogen) atoms. The summed E-state index contributed by atoms with van der Waals surface area (Å²) in [5, 5.41) is 4.75. The van der Waals surface area contributed by atoms with Crippen molar-refractivity contribution < 1.29 is 9.53 Å². The van der Waals surface area contributed by atoms with Crippen molar-refractivity contribution in [2.45, 2.75) is 19.8 Å². The minimum absolute atomic E-state index is 0.336. The molecule has 0 saturated heterocycles. The zero-order valence-corrected chi connectivity index (χ0v) is 17.4. The van der Waals surface area contributed by atoms with Crippen molar-refractivity contribution in [1.82, 2.24) is 19.2 Å². The molecule has 0 fully saturated rings. The van der Waals surface area contributed by atoms with Crippen LogP contribution >= 0.6 is 12.2 Å². The van der Waals surface area contributed by atoms with Gasteiger partial charge in [-0.25, -0.2) is 9.48 Å². The van der Waals surface area contributed by atoms with Gasteiger partial charge in [0.15, 0.2) is 10.6 Å². The van der Waals surface area contributed by atoms with Crippen molar-refractivity contribution in [3.8, 4) is 11.4 Å². The van der Waals surface area contributed by atoms with Gasteiger partial charge in [0.1, 0.15) is 0 Å². The number of carbonyl (C=O) groups excluding carboxylic acids is 1. The molecule has 0 aliphatic carbocycles. The Morgan fingerprint density at radius 1 is 1.21 bits per heavy atom. The van der Waals surface area contributed by atoms with E-state index in [1.54, 1.807) is 12.1 Å². The third-order valence-corrected chi connectivity index (χ3v) is 4.90. The summed E-state index contributed by atoms with van der Waals surface area (Å²) in [5.41, 5.74) is 2.64. The molecule has 0 amide bonds. The molecule has 0 spiro atoms. The third-order valence-electron chi connectivity index (χ3n) is 4.47. The number of carbonyl (C=O) groups is 1. The van der Waals surface area contributed by atoms with Crippen LogP contribution < -0.4 is 0 Å². The van der Waals surface area contributed by atoms with Crippen molar-refractivity contribution in [2.24, 2.45) is 0 Å². The first-order chi connectivity index (χ1) is 14.0. The Morgan fingerprint density at radius 3 is 2.52 bits per heavy atom. The molecule has 0 N–H and O–H groups in total. The van der Waals surface area contributed by atoms with E-state index in [-0.39, 0.29) is 5.97 Å². The standard InChI is InChI=1S/C22H24N4O2S/c1-4-14-25-20(18-8-6-5-7-9-18)23-26(22(25)29)16-24(2)15-17-10-12-19(13-11-17)21(27)28-3/h4-13H,1,14-16H2,2-3H3. The van der Waals surface area contributed by atoms with Gasteiger partial charge < -0.3 is 4.74 Å². The van der Waals surface area contributed by atoms with Crippen molar-refractivity contribution in [1.29, 1.82) is 0 Å². The summed E-state index contributed by atoms with van der Waals surface area (Å²) in [6.07, 6.45) is 1.82. The van der Waals surface area contributed by atoms with E-state index >= 15 is 0 Å². The number of allylic oxidation sites excluding steroid dienone is 1. The van der Waals surface area contributed by atoms with Crippen molar-refractivity contribution in [3.63, 3.8) is 0 Å². The molecule has 0 bridgehead atoms. The molecule has 0 saturated carbocycles. The van der Waals surface area contributed by atoms with Crippen LogP contribution in [0, 0.1) is 4.77 Å². The van der Waals surface area contributed by atoms with Gasteiger partial charge in [0.2, 0.25) is 0 Å². The molecule has 1 aromatic heterocycles. The van der Waals surface area contributed by atoms with E-state index in [1.165, 1.54) is 7.11 Å². The minimum Gasteiger partial charge on any atom is -0.465 e. The topological polar surface area (TPSA) is 52.3 Å². The molecule has 2 aromatic carbocycles. The Bertz CT molecular complexity index is 1040. The van der Waals surface area contributed by atoms with Crippen LogP contribution in [-0.2, 0) is 24.5 Å². The van der Waals surface area contributed by atoms with Gasteiger partial charge in [-0.05, 0) is 37.0 Å². The summed E-state index contributed by atoms with van der Waals surface area (Å²) < 4.78 is 9.19. The van der Waals surface area contributed by atoms with Crippen LogP contribution in [0.4, 0.5) is 0 Å². The number of aromatic nitrogens is 3. The average Bonchev–Trinajstić information content (AvgIpc) is 3.04. The summed E-state index contributed by atoms with van der Waals surface area (Å²) in [7, 11) is 3.38. The largest absolute Gasteiger partial charge is 0.465 e. The lowest BCUT2D eigenvalue weighted by molar-refractivity contribution is 0.0600. The van der Waals surface area contributed by atoms with Crippen LogP contribution in [0.3, 0.4) is 0 Å². The highest BCUT2D eigenvalue weighted by Gasteiger charge is 2.13. The molecule has 0 unspecified atom stereocenters. The van der Waals surface area contributed by atoms with E-state index in [0.29, 0.717) is 30.1 Å². The summed E-state index contributed by atoms with van der Waals surface area (Å²) in [4.78, 5) is 13.7. The van der Waals surface area contributed by atoms with Crippen molar-refractivity contribution >= 4 is 18.2 Å². The van der Waals surface area contributed by atoms with E-state index in [1.807, 2.05) is 64.8 Å². The molecule has 7 heteroatoms.